The van der Waals surface area contributed by atoms with E-state index in [9.17, 15) is 4.79 Å². The van der Waals surface area contributed by atoms with Gasteiger partial charge in [0.2, 0.25) is 0 Å². The molecule has 4 rings (SSSR count). The molecule has 1 aromatic heterocycles. The lowest BCUT2D eigenvalue weighted by molar-refractivity contribution is -0.118. The van der Waals surface area contributed by atoms with Crippen molar-refractivity contribution in [2.45, 2.75) is 26.2 Å². The normalized spacial score (nSPS) is 14.4. The highest BCUT2D eigenvalue weighted by molar-refractivity contribution is 5.83. The molecule has 0 N–H and O–H groups in total. The summed E-state index contributed by atoms with van der Waals surface area (Å²) in [6.45, 7) is 5.18. The standard InChI is InChI=1S/C23H25N3O2/c1-2-3-20(27)14-17-4-6-18(7-5-17)19-8-9-21-22(15-19)25-23(16-24-21)26-10-12-28-13-11-26/h4-9,15-16H,2-3,10-14H2,1H3. The number of ketones is 1. The molecule has 28 heavy (non-hydrogen) atoms. The van der Waals surface area contributed by atoms with E-state index < -0.39 is 0 Å². The number of hydrogen-bond donors (Lipinski definition) is 0. The molecular formula is C23H25N3O2. The zero-order chi connectivity index (χ0) is 19.3. The summed E-state index contributed by atoms with van der Waals surface area (Å²) in [6, 6.07) is 14.4. The van der Waals surface area contributed by atoms with Crippen molar-refractivity contribution in [1.82, 2.24) is 9.97 Å². The quantitative estimate of drug-likeness (QED) is 0.651. The van der Waals surface area contributed by atoms with Gasteiger partial charge < -0.3 is 9.64 Å². The van der Waals surface area contributed by atoms with Crippen LogP contribution in [0.4, 0.5) is 5.82 Å². The van der Waals surface area contributed by atoms with Crippen molar-refractivity contribution in [2.75, 3.05) is 31.2 Å². The van der Waals surface area contributed by atoms with Crippen LogP contribution in [0.2, 0.25) is 0 Å². The van der Waals surface area contributed by atoms with E-state index in [1.165, 1.54) is 0 Å². The number of carbonyl (C=O) groups excluding carboxylic acids is 1. The molecule has 0 atom stereocenters. The van der Waals surface area contributed by atoms with E-state index in [4.69, 9.17) is 9.72 Å². The number of carbonyl (C=O) groups is 1. The Labute approximate surface area is 165 Å². The first-order valence-electron chi connectivity index (χ1n) is 9.93. The molecule has 1 saturated heterocycles. The molecule has 1 fully saturated rings. The Balaban J connectivity index is 1.57. The number of aromatic nitrogens is 2. The number of benzene rings is 2. The van der Waals surface area contributed by atoms with Gasteiger partial charge in [-0.2, -0.15) is 0 Å². The Morgan fingerprint density at radius 2 is 1.79 bits per heavy atom. The fourth-order valence-corrected chi connectivity index (χ4v) is 3.54. The van der Waals surface area contributed by atoms with Gasteiger partial charge in [-0.3, -0.25) is 9.78 Å². The van der Waals surface area contributed by atoms with E-state index in [1.54, 1.807) is 0 Å². The minimum Gasteiger partial charge on any atom is -0.378 e. The molecule has 1 aliphatic heterocycles. The summed E-state index contributed by atoms with van der Waals surface area (Å²) < 4.78 is 5.42. The highest BCUT2D eigenvalue weighted by Gasteiger charge is 2.13. The Morgan fingerprint density at radius 3 is 2.54 bits per heavy atom. The summed E-state index contributed by atoms with van der Waals surface area (Å²) in [7, 11) is 0. The number of Topliss-reactive ketones (excluding diaryl/α,β-unsaturated/α-hetero) is 1. The highest BCUT2D eigenvalue weighted by Crippen LogP contribution is 2.25. The first-order valence-corrected chi connectivity index (χ1v) is 9.93. The Morgan fingerprint density at radius 1 is 1.04 bits per heavy atom. The Hall–Kier alpha value is -2.79. The van der Waals surface area contributed by atoms with Gasteiger partial charge in [-0.1, -0.05) is 37.3 Å². The molecule has 0 saturated carbocycles. The maximum Gasteiger partial charge on any atom is 0.148 e. The largest absolute Gasteiger partial charge is 0.378 e. The molecule has 1 aliphatic rings. The molecule has 0 unspecified atom stereocenters. The highest BCUT2D eigenvalue weighted by atomic mass is 16.5. The zero-order valence-electron chi connectivity index (χ0n) is 16.2. The maximum absolute atomic E-state index is 11.8. The molecular weight excluding hydrogens is 350 g/mol. The number of fused-ring (bicyclic) bond motifs is 1. The number of nitrogens with zero attached hydrogens (tertiary/aromatic N) is 3. The van der Waals surface area contributed by atoms with Crippen molar-refractivity contribution >= 4 is 22.6 Å². The van der Waals surface area contributed by atoms with E-state index in [0.717, 1.165) is 66.3 Å². The molecule has 5 nitrogen and oxygen atoms in total. The Kier molecular flexibility index (Phi) is 5.63. The van der Waals surface area contributed by atoms with Crippen LogP contribution in [0.5, 0.6) is 0 Å². The fraction of sp³-hybridized carbons (Fsp3) is 0.348. The van der Waals surface area contributed by atoms with Crippen molar-refractivity contribution in [2.24, 2.45) is 0 Å². The predicted molar refractivity (Wildman–Crippen MR) is 112 cm³/mol. The Bertz CT molecular complexity index is 963. The molecule has 0 aliphatic carbocycles. The van der Waals surface area contributed by atoms with E-state index in [0.29, 0.717) is 18.6 Å². The van der Waals surface area contributed by atoms with Gasteiger partial charge in [0, 0.05) is 25.9 Å². The summed E-state index contributed by atoms with van der Waals surface area (Å²) >= 11 is 0. The van der Waals surface area contributed by atoms with Crippen LogP contribution < -0.4 is 4.90 Å². The number of rotatable bonds is 6. The second-order valence-corrected chi connectivity index (χ2v) is 7.19. The van der Waals surface area contributed by atoms with Gasteiger partial charge >= 0.3 is 0 Å². The summed E-state index contributed by atoms with van der Waals surface area (Å²) in [4.78, 5) is 23.5. The number of morpholine rings is 1. The lowest BCUT2D eigenvalue weighted by Gasteiger charge is -2.27. The molecule has 3 aromatic rings. The summed E-state index contributed by atoms with van der Waals surface area (Å²) in [5, 5.41) is 0. The van der Waals surface area contributed by atoms with Gasteiger partial charge in [-0.15, -0.1) is 0 Å². The van der Waals surface area contributed by atoms with Crippen molar-refractivity contribution in [1.29, 1.82) is 0 Å². The molecule has 2 heterocycles. The first kappa shape index (κ1) is 18.6. The molecule has 5 heteroatoms. The minimum atomic E-state index is 0.298. The molecule has 2 aromatic carbocycles. The smallest absolute Gasteiger partial charge is 0.148 e. The average molecular weight is 375 g/mol. The third-order valence-electron chi connectivity index (χ3n) is 5.08. The predicted octanol–water partition coefficient (Wildman–Crippen LogP) is 4.05. The number of ether oxygens (including phenoxy) is 1. The molecule has 144 valence electrons. The summed E-state index contributed by atoms with van der Waals surface area (Å²) in [5.74, 6) is 1.20. The van der Waals surface area contributed by atoms with Crippen LogP contribution in [-0.4, -0.2) is 42.1 Å². The second kappa shape index (κ2) is 8.48. The fourth-order valence-electron chi connectivity index (χ4n) is 3.54. The molecule has 0 spiro atoms. The van der Waals surface area contributed by atoms with E-state index in [1.807, 2.05) is 31.3 Å². The molecule has 0 radical (unpaired) electrons. The van der Waals surface area contributed by atoms with Gasteiger partial charge in [0.25, 0.3) is 0 Å². The van der Waals surface area contributed by atoms with Crippen LogP contribution in [0.25, 0.3) is 22.2 Å². The zero-order valence-corrected chi connectivity index (χ0v) is 16.2. The van der Waals surface area contributed by atoms with Gasteiger partial charge in [-0.05, 0) is 35.2 Å². The van der Waals surface area contributed by atoms with Gasteiger partial charge in [0.05, 0.1) is 30.4 Å². The van der Waals surface area contributed by atoms with Crippen molar-refractivity contribution in [3.05, 3.63) is 54.2 Å². The topological polar surface area (TPSA) is 55.3 Å². The van der Waals surface area contributed by atoms with Crippen molar-refractivity contribution < 1.29 is 9.53 Å². The van der Waals surface area contributed by atoms with Crippen LogP contribution >= 0.6 is 0 Å². The average Bonchev–Trinajstić information content (AvgIpc) is 2.74. The van der Waals surface area contributed by atoms with Crippen LogP contribution in [0.1, 0.15) is 25.3 Å². The monoisotopic (exact) mass is 375 g/mol. The van der Waals surface area contributed by atoms with Crippen molar-refractivity contribution in [3.8, 4) is 11.1 Å². The third kappa shape index (κ3) is 4.20. The van der Waals surface area contributed by atoms with Gasteiger partial charge in [0.15, 0.2) is 0 Å². The lowest BCUT2D eigenvalue weighted by Crippen LogP contribution is -2.36. The summed E-state index contributed by atoms with van der Waals surface area (Å²) in [5.41, 5.74) is 5.07. The van der Waals surface area contributed by atoms with Gasteiger partial charge in [-0.25, -0.2) is 4.98 Å². The lowest BCUT2D eigenvalue weighted by atomic mass is 10.0. The van der Waals surface area contributed by atoms with Crippen LogP contribution in [0, 0.1) is 0 Å². The van der Waals surface area contributed by atoms with Crippen LogP contribution in [0.3, 0.4) is 0 Å². The summed E-state index contributed by atoms with van der Waals surface area (Å²) in [6.07, 6.45) is 3.91. The maximum atomic E-state index is 11.8. The number of anilines is 1. The third-order valence-corrected chi connectivity index (χ3v) is 5.08. The SMILES string of the molecule is CCCC(=O)Cc1ccc(-c2ccc3ncc(N4CCOCC4)nc3c2)cc1. The number of hydrogen-bond acceptors (Lipinski definition) is 5. The van der Waals surface area contributed by atoms with Crippen LogP contribution in [-0.2, 0) is 16.0 Å². The minimum absolute atomic E-state index is 0.298. The van der Waals surface area contributed by atoms with E-state index in [-0.39, 0.29) is 0 Å². The second-order valence-electron chi connectivity index (χ2n) is 7.19. The van der Waals surface area contributed by atoms with Gasteiger partial charge in [0.1, 0.15) is 11.6 Å². The van der Waals surface area contributed by atoms with Crippen LogP contribution in [0.15, 0.2) is 48.7 Å². The first-order chi connectivity index (χ1) is 13.7. The van der Waals surface area contributed by atoms with E-state index >= 15 is 0 Å². The van der Waals surface area contributed by atoms with Crippen molar-refractivity contribution in [3.63, 3.8) is 0 Å². The molecule has 0 amide bonds. The van der Waals surface area contributed by atoms with E-state index in [2.05, 4.69) is 34.1 Å². The molecule has 0 bridgehead atoms.